The summed E-state index contributed by atoms with van der Waals surface area (Å²) >= 11 is 0. The quantitative estimate of drug-likeness (QED) is 0.688. The van der Waals surface area contributed by atoms with Crippen LogP contribution in [-0.2, 0) is 4.74 Å². The lowest BCUT2D eigenvalue weighted by molar-refractivity contribution is 0.0797. The standard InChI is InChI=1S/C13H14N4O/c1-2-8(7-18-5-1)11-12-10(6-15-17-12)9-3-4-14-13(9)16-11/h3-4,6,8,15,17H,1-2,5,7H2. The highest BCUT2D eigenvalue weighted by molar-refractivity contribution is 6.04. The zero-order valence-electron chi connectivity index (χ0n) is 9.94. The van der Waals surface area contributed by atoms with Crippen LogP contribution in [0.2, 0.25) is 0 Å². The molecule has 0 saturated carbocycles. The zero-order valence-corrected chi connectivity index (χ0v) is 9.94. The largest absolute Gasteiger partial charge is 0.381 e. The Morgan fingerprint density at radius 2 is 2.33 bits per heavy atom. The molecular weight excluding hydrogens is 228 g/mol. The van der Waals surface area contributed by atoms with E-state index >= 15 is 0 Å². The van der Waals surface area contributed by atoms with E-state index in [1.54, 1.807) is 0 Å². The molecule has 1 aliphatic rings. The van der Waals surface area contributed by atoms with Gasteiger partial charge < -0.3 is 9.84 Å². The van der Waals surface area contributed by atoms with E-state index in [-0.39, 0.29) is 0 Å². The first-order chi connectivity index (χ1) is 8.93. The van der Waals surface area contributed by atoms with Crippen molar-refractivity contribution in [2.24, 2.45) is 0 Å². The number of nitrogens with zero attached hydrogens (tertiary/aromatic N) is 2. The Morgan fingerprint density at radius 1 is 1.33 bits per heavy atom. The average molecular weight is 242 g/mol. The van der Waals surface area contributed by atoms with Gasteiger partial charge in [0.2, 0.25) is 0 Å². The van der Waals surface area contributed by atoms with E-state index in [9.17, 15) is 0 Å². The van der Waals surface area contributed by atoms with E-state index in [0.717, 1.165) is 53.7 Å². The SMILES string of the molecule is c1cc2c(n1)nc(C1CCCOC1)c1[nH][nH]cc12. The van der Waals surface area contributed by atoms with E-state index < -0.39 is 0 Å². The van der Waals surface area contributed by atoms with Gasteiger partial charge in [-0.2, -0.15) is 0 Å². The molecule has 0 bridgehead atoms. The van der Waals surface area contributed by atoms with Gasteiger partial charge in [0.1, 0.15) is 0 Å². The minimum absolute atomic E-state index is 0.370. The zero-order chi connectivity index (χ0) is 11.9. The third-order valence-electron chi connectivity index (χ3n) is 3.68. The second kappa shape index (κ2) is 3.81. The Hall–Kier alpha value is -1.88. The molecule has 3 aromatic rings. The molecule has 4 heterocycles. The fourth-order valence-corrected chi connectivity index (χ4v) is 2.78. The summed E-state index contributed by atoms with van der Waals surface area (Å²) in [5.41, 5.74) is 3.00. The van der Waals surface area contributed by atoms with Crippen LogP contribution < -0.4 is 0 Å². The van der Waals surface area contributed by atoms with Crippen LogP contribution in [0.15, 0.2) is 18.5 Å². The van der Waals surface area contributed by atoms with E-state index in [2.05, 4.69) is 15.2 Å². The number of aromatic amines is 2. The molecule has 1 saturated heterocycles. The molecule has 4 rings (SSSR count). The third-order valence-corrected chi connectivity index (χ3v) is 3.68. The number of pyridine rings is 1. The minimum Gasteiger partial charge on any atom is -0.381 e. The molecule has 1 fully saturated rings. The maximum absolute atomic E-state index is 5.57. The molecule has 92 valence electrons. The maximum atomic E-state index is 5.57. The molecule has 5 nitrogen and oxygen atoms in total. The van der Waals surface area contributed by atoms with Crippen molar-refractivity contribution in [1.82, 2.24) is 20.2 Å². The van der Waals surface area contributed by atoms with E-state index in [1.807, 2.05) is 18.5 Å². The van der Waals surface area contributed by atoms with Crippen LogP contribution in [0.25, 0.3) is 21.9 Å². The number of H-pyrrole nitrogens is 2. The van der Waals surface area contributed by atoms with Crippen LogP contribution in [0.1, 0.15) is 24.5 Å². The van der Waals surface area contributed by atoms with E-state index in [0.29, 0.717) is 5.92 Å². The number of fused-ring (bicyclic) bond motifs is 3. The smallest absolute Gasteiger partial charge is 0.160 e. The number of ether oxygens (including phenoxy) is 1. The molecular formula is C13H14N4O. The van der Waals surface area contributed by atoms with Crippen LogP contribution in [0.3, 0.4) is 0 Å². The van der Waals surface area contributed by atoms with Crippen molar-refractivity contribution in [1.29, 1.82) is 0 Å². The topological polar surface area (TPSA) is 66.6 Å². The molecule has 0 amide bonds. The summed E-state index contributed by atoms with van der Waals surface area (Å²) in [4.78, 5) is 9.04. The minimum atomic E-state index is 0.370. The van der Waals surface area contributed by atoms with Crippen LogP contribution in [-0.4, -0.2) is 33.4 Å². The third kappa shape index (κ3) is 1.37. The first kappa shape index (κ1) is 10.1. The van der Waals surface area contributed by atoms with Crippen molar-refractivity contribution in [2.75, 3.05) is 13.2 Å². The van der Waals surface area contributed by atoms with Gasteiger partial charge >= 0.3 is 0 Å². The summed E-state index contributed by atoms with van der Waals surface area (Å²) in [5, 5.41) is 8.53. The van der Waals surface area contributed by atoms with Crippen LogP contribution in [0.5, 0.6) is 0 Å². The molecule has 0 aromatic carbocycles. The molecule has 3 aromatic heterocycles. The monoisotopic (exact) mass is 242 g/mol. The van der Waals surface area contributed by atoms with Crippen molar-refractivity contribution in [3.8, 4) is 0 Å². The summed E-state index contributed by atoms with van der Waals surface area (Å²) in [6.07, 6.45) is 6.03. The molecule has 0 aliphatic carbocycles. The Morgan fingerprint density at radius 3 is 3.22 bits per heavy atom. The number of hydrogen-bond donors (Lipinski definition) is 2. The summed E-state index contributed by atoms with van der Waals surface area (Å²) in [5.74, 6) is 0.370. The predicted molar refractivity (Wildman–Crippen MR) is 68.5 cm³/mol. The van der Waals surface area contributed by atoms with Crippen molar-refractivity contribution in [2.45, 2.75) is 18.8 Å². The molecule has 1 unspecified atom stereocenters. The molecule has 1 atom stereocenters. The van der Waals surface area contributed by atoms with Gasteiger partial charge in [-0.15, -0.1) is 0 Å². The molecule has 1 aliphatic heterocycles. The normalized spacial score (nSPS) is 20.8. The molecule has 5 heteroatoms. The van der Waals surface area contributed by atoms with Crippen LogP contribution in [0.4, 0.5) is 0 Å². The second-order valence-corrected chi connectivity index (χ2v) is 4.80. The molecule has 18 heavy (non-hydrogen) atoms. The highest BCUT2D eigenvalue weighted by atomic mass is 16.5. The summed E-state index contributed by atoms with van der Waals surface area (Å²) in [6.45, 7) is 1.63. The number of rotatable bonds is 1. The summed E-state index contributed by atoms with van der Waals surface area (Å²) < 4.78 is 5.57. The van der Waals surface area contributed by atoms with Crippen LogP contribution >= 0.6 is 0 Å². The van der Waals surface area contributed by atoms with Crippen LogP contribution in [0, 0.1) is 0 Å². The lowest BCUT2D eigenvalue weighted by Crippen LogP contribution is -2.17. The van der Waals surface area contributed by atoms with Gasteiger partial charge in [-0.1, -0.05) is 0 Å². The first-order valence-corrected chi connectivity index (χ1v) is 6.31. The van der Waals surface area contributed by atoms with E-state index in [4.69, 9.17) is 9.72 Å². The van der Waals surface area contributed by atoms with E-state index in [1.165, 1.54) is 0 Å². The predicted octanol–water partition coefficient (Wildman–Crippen LogP) is 2.33. The van der Waals surface area contributed by atoms with Gasteiger partial charge in [0.15, 0.2) is 5.65 Å². The molecule has 2 N–H and O–H groups in total. The fraction of sp³-hybridized carbons (Fsp3) is 0.385. The lowest BCUT2D eigenvalue weighted by Gasteiger charge is -2.21. The van der Waals surface area contributed by atoms with Gasteiger partial charge in [0.25, 0.3) is 0 Å². The lowest BCUT2D eigenvalue weighted by atomic mass is 9.96. The second-order valence-electron chi connectivity index (χ2n) is 4.80. The van der Waals surface area contributed by atoms with Gasteiger partial charge in [0.05, 0.1) is 17.8 Å². The fourth-order valence-electron chi connectivity index (χ4n) is 2.78. The Balaban J connectivity index is 1.97. The summed E-state index contributed by atoms with van der Waals surface area (Å²) in [6, 6.07) is 2.01. The average Bonchev–Trinajstić information content (AvgIpc) is 3.06. The van der Waals surface area contributed by atoms with Gasteiger partial charge in [-0.05, 0) is 18.9 Å². The Labute approximate surface area is 104 Å². The molecule has 0 spiro atoms. The van der Waals surface area contributed by atoms with Gasteiger partial charge in [-0.3, -0.25) is 5.10 Å². The number of hydrogen-bond acceptors (Lipinski definition) is 3. The Bertz CT molecular complexity index is 693. The van der Waals surface area contributed by atoms with Crippen molar-refractivity contribution in [3.63, 3.8) is 0 Å². The van der Waals surface area contributed by atoms with Gasteiger partial charge in [0, 0.05) is 35.7 Å². The highest BCUT2D eigenvalue weighted by Gasteiger charge is 2.22. The molecule has 0 radical (unpaired) electrons. The summed E-state index contributed by atoms with van der Waals surface area (Å²) in [7, 11) is 0. The van der Waals surface area contributed by atoms with Gasteiger partial charge in [-0.25, -0.2) is 9.97 Å². The Kier molecular flexibility index (Phi) is 2.14. The number of nitrogens with one attached hydrogen (secondary N) is 2. The van der Waals surface area contributed by atoms with Crippen molar-refractivity contribution in [3.05, 3.63) is 24.2 Å². The highest BCUT2D eigenvalue weighted by Crippen LogP contribution is 2.32. The first-order valence-electron chi connectivity index (χ1n) is 6.31. The van der Waals surface area contributed by atoms with Crippen molar-refractivity contribution < 1.29 is 4.74 Å². The number of aromatic nitrogens is 4. The van der Waals surface area contributed by atoms with Crippen molar-refractivity contribution >= 4 is 21.9 Å². The maximum Gasteiger partial charge on any atom is 0.160 e.